The summed E-state index contributed by atoms with van der Waals surface area (Å²) in [4.78, 5) is 14.5. The molecule has 0 radical (unpaired) electrons. The lowest BCUT2D eigenvalue weighted by molar-refractivity contribution is -0.132. The van der Waals surface area contributed by atoms with Crippen LogP contribution in [0, 0.1) is 11.3 Å². The van der Waals surface area contributed by atoms with Crippen molar-refractivity contribution in [2.75, 3.05) is 12.4 Å². The summed E-state index contributed by atoms with van der Waals surface area (Å²) >= 11 is 6.95. The number of nitrogens with zero attached hydrogens (tertiary/aromatic N) is 1. The van der Waals surface area contributed by atoms with Gasteiger partial charge in [-0.05, 0) is 23.5 Å². The third-order valence-corrected chi connectivity index (χ3v) is 11.7. The predicted molar refractivity (Wildman–Crippen MR) is 118 cm³/mol. The summed E-state index contributed by atoms with van der Waals surface area (Å²) in [5.41, 5.74) is -0.0365. The van der Waals surface area contributed by atoms with E-state index in [2.05, 4.69) is 54.6 Å². The van der Waals surface area contributed by atoms with Crippen LogP contribution in [0.1, 0.15) is 54.9 Å². The first-order chi connectivity index (χ1) is 11.6. The maximum Gasteiger partial charge on any atom is 0.230 e. The van der Waals surface area contributed by atoms with Gasteiger partial charge in [-0.15, -0.1) is 0 Å². The van der Waals surface area contributed by atoms with Gasteiger partial charge in [-0.1, -0.05) is 72.4 Å². The third kappa shape index (κ3) is 6.02. The summed E-state index contributed by atoms with van der Waals surface area (Å²) < 4.78 is 6.84. The molecule has 0 aromatic heterocycles. The molecule has 1 amide bonds. The quantitative estimate of drug-likeness (QED) is 0.501. The van der Waals surface area contributed by atoms with Crippen molar-refractivity contribution >= 4 is 42.5 Å². The Morgan fingerprint density at radius 1 is 1.35 bits per heavy atom. The van der Waals surface area contributed by atoms with E-state index in [1.165, 1.54) is 0 Å². The van der Waals surface area contributed by atoms with Crippen LogP contribution >= 0.6 is 24.0 Å². The molecule has 0 unspecified atom stereocenters. The number of carbonyl (C=O) groups is 1. The fourth-order valence-electron chi connectivity index (χ4n) is 2.48. The van der Waals surface area contributed by atoms with Crippen molar-refractivity contribution < 1.29 is 14.3 Å². The molecule has 0 aromatic carbocycles. The number of aliphatic hydroxyl groups excluding tert-OH is 1. The zero-order chi connectivity index (χ0) is 20.5. The molecule has 3 atom stereocenters. The molecule has 0 saturated carbocycles. The lowest BCUT2D eigenvalue weighted by atomic mass is 9.86. The molecule has 1 heterocycles. The zero-order valence-electron chi connectivity index (χ0n) is 17.9. The fourth-order valence-corrected chi connectivity index (χ4v) is 5.34. The van der Waals surface area contributed by atoms with Crippen LogP contribution < -0.4 is 0 Å². The molecule has 0 spiro atoms. The van der Waals surface area contributed by atoms with Crippen LogP contribution in [-0.2, 0) is 9.22 Å². The summed E-state index contributed by atoms with van der Waals surface area (Å²) in [7, 11) is -1.86. The van der Waals surface area contributed by atoms with Gasteiger partial charge in [0.2, 0.25) is 5.91 Å². The van der Waals surface area contributed by atoms with Crippen LogP contribution in [0.25, 0.3) is 0 Å². The minimum absolute atomic E-state index is 0.0365. The number of thiocarbonyl (C=S) groups is 1. The largest absolute Gasteiger partial charge is 0.416 e. The number of carbonyl (C=O) groups excluding carboxylic acids is 1. The van der Waals surface area contributed by atoms with Gasteiger partial charge in [-0.3, -0.25) is 9.69 Å². The molecule has 1 aliphatic heterocycles. The van der Waals surface area contributed by atoms with E-state index in [1.807, 2.05) is 6.92 Å². The molecule has 7 heteroatoms. The number of hydrogen-bond donors (Lipinski definition) is 1. The smallest absolute Gasteiger partial charge is 0.230 e. The Bertz CT molecular complexity index is 526. The van der Waals surface area contributed by atoms with Crippen LogP contribution in [-0.4, -0.2) is 53.1 Å². The van der Waals surface area contributed by atoms with E-state index >= 15 is 0 Å². The molecule has 0 aromatic rings. The van der Waals surface area contributed by atoms with Crippen molar-refractivity contribution in [3.05, 3.63) is 0 Å². The second-order valence-corrected chi connectivity index (χ2v) is 16.5. The zero-order valence-corrected chi connectivity index (χ0v) is 20.5. The monoisotopic (exact) mass is 419 g/mol. The van der Waals surface area contributed by atoms with E-state index in [9.17, 15) is 9.90 Å². The highest BCUT2D eigenvalue weighted by Crippen LogP contribution is 2.38. The SMILES string of the molecule is C[C@@H](CO[Si](C)(C)C(C)(C)C)[C@@H](O)CC(=O)N1C(=S)SC[C@@H]1C(C)(C)C. The topological polar surface area (TPSA) is 49.8 Å². The molecule has 152 valence electrons. The van der Waals surface area contributed by atoms with E-state index in [0.29, 0.717) is 10.9 Å². The molecule has 26 heavy (non-hydrogen) atoms. The van der Waals surface area contributed by atoms with Gasteiger partial charge < -0.3 is 9.53 Å². The van der Waals surface area contributed by atoms with Gasteiger partial charge in [-0.25, -0.2) is 0 Å². The number of aliphatic hydroxyl groups is 1. The molecule has 1 fully saturated rings. The van der Waals surface area contributed by atoms with Crippen LogP contribution in [0.4, 0.5) is 0 Å². The van der Waals surface area contributed by atoms with Crippen molar-refractivity contribution in [3.63, 3.8) is 0 Å². The average molecular weight is 420 g/mol. The third-order valence-electron chi connectivity index (χ3n) is 5.70. The molecule has 0 aliphatic carbocycles. The van der Waals surface area contributed by atoms with Gasteiger partial charge in [0.15, 0.2) is 8.32 Å². The summed E-state index contributed by atoms with van der Waals surface area (Å²) in [6.45, 7) is 19.8. The number of thioether (sulfide) groups is 1. The van der Waals surface area contributed by atoms with Gasteiger partial charge in [-0.2, -0.15) is 0 Å². The first-order valence-electron chi connectivity index (χ1n) is 9.39. The van der Waals surface area contributed by atoms with Gasteiger partial charge in [0.25, 0.3) is 0 Å². The number of hydrogen-bond acceptors (Lipinski definition) is 5. The predicted octanol–water partition coefficient (Wildman–Crippen LogP) is 4.67. The average Bonchev–Trinajstić information content (AvgIpc) is 2.85. The maximum atomic E-state index is 12.8. The van der Waals surface area contributed by atoms with Gasteiger partial charge in [0.1, 0.15) is 4.32 Å². The van der Waals surface area contributed by atoms with Crippen molar-refractivity contribution in [1.29, 1.82) is 0 Å². The standard InChI is InChI=1S/C19H37NO3S2Si/c1-13(11-23-26(8,9)19(5,6)7)14(21)10-16(22)20-15(18(2,3)4)12-25-17(20)24/h13-15,21H,10-12H2,1-9H3/t13-,14-,15+/m0/s1. The van der Waals surface area contributed by atoms with Crippen molar-refractivity contribution in [1.82, 2.24) is 4.90 Å². The van der Waals surface area contributed by atoms with Gasteiger partial charge >= 0.3 is 0 Å². The maximum absolute atomic E-state index is 12.8. The Morgan fingerprint density at radius 3 is 2.35 bits per heavy atom. The Labute approximate surface area is 170 Å². The van der Waals surface area contributed by atoms with Crippen LogP contribution in [0.15, 0.2) is 0 Å². The van der Waals surface area contributed by atoms with E-state index in [-0.39, 0.29) is 34.7 Å². The van der Waals surface area contributed by atoms with Crippen LogP contribution in [0.3, 0.4) is 0 Å². The van der Waals surface area contributed by atoms with Crippen molar-refractivity contribution in [2.45, 2.75) is 85.2 Å². The first-order valence-corrected chi connectivity index (χ1v) is 13.7. The Balaban J connectivity index is 2.67. The molecule has 0 bridgehead atoms. The van der Waals surface area contributed by atoms with Crippen molar-refractivity contribution in [3.8, 4) is 0 Å². The first kappa shape index (κ1) is 24.1. The highest BCUT2D eigenvalue weighted by atomic mass is 32.2. The van der Waals surface area contributed by atoms with Crippen LogP contribution in [0.5, 0.6) is 0 Å². The molecular formula is C19H37NO3S2Si. The molecule has 1 N–H and O–H groups in total. The highest BCUT2D eigenvalue weighted by molar-refractivity contribution is 8.23. The van der Waals surface area contributed by atoms with Gasteiger partial charge in [0.05, 0.1) is 18.6 Å². The summed E-state index contributed by atoms with van der Waals surface area (Å²) in [5, 5.41) is 10.7. The molecule has 4 nitrogen and oxygen atoms in total. The minimum Gasteiger partial charge on any atom is -0.416 e. The highest BCUT2D eigenvalue weighted by Gasteiger charge is 2.42. The summed E-state index contributed by atoms with van der Waals surface area (Å²) in [6.07, 6.45) is -0.628. The fraction of sp³-hybridized carbons (Fsp3) is 0.895. The molecular weight excluding hydrogens is 382 g/mol. The minimum atomic E-state index is -1.86. The second kappa shape index (κ2) is 8.60. The van der Waals surface area contributed by atoms with Crippen molar-refractivity contribution in [2.24, 2.45) is 11.3 Å². The Morgan fingerprint density at radius 2 is 1.88 bits per heavy atom. The number of amides is 1. The van der Waals surface area contributed by atoms with E-state index in [1.54, 1.807) is 16.7 Å². The Kier molecular flexibility index (Phi) is 7.96. The Hall–Kier alpha value is 0.0469. The summed E-state index contributed by atoms with van der Waals surface area (Å²) in [5.74, 6) is 0.658. The summed E-state index contributed by atoms with van der Waals surface area (Å²) in [6, 6.07) is 0.0819. The molecule has 1 rings (SSSR count). The number of rotatable bonds is 6. The van der Waals surface area contributed by atoms with Gasteiger partial charge in [0, 0.05) is 18.3 Å². The second-order valence-electron chi connectivity index (χ2n) is 10.0. The normalized spacial score (nSPS) is 21.8. The van der Waals surface area contributed by atoms with E-state index in [0.717, 1.165) is 5.75 Å². The van der Waals surface area contributed by atoms with E-state index < -0.39 is 14.4 Å². The van der Waals surface area contributed by atoms with E-state index in [4.69, 9.17) is 16.6 Å². The lowest BCUT2D eigenvalue weighted by Gasteiger charge is -2.37. The van der Waals surface area contributed by atoms with Crippen LogP contribution in [0.2, 0.25) is 18.1 Å². The lowest BCUT2D eigenvalue weighted by Crippen LogP contribution is -2.47. The molecule has 1 aliphatic rings. The molecule has 1 saturated heterocycles.